The molecule has 0 bridgehead atoms. The summed E-state index contributed by atoms with van der Waals surface area (Å²) in [5, 5.41) is 20.9. The Kier molecular flexibility index (Phi) is 5.18. The first-order valence-corrected chi connectivity index (χ1v) is 10.4. The molecule has 166 valence electrons. The molecule has 1 unspecified atom stereocenters. The average Bonchev–Trinajstić information content (AvgIpc) is 3.09. The van der Waals surface area contributed by atoms with Crippen molar-refractivity contribution in [3.05, 3.63) is 89.3 Å². The molecule has 2 aromatic carbocycles. The van der Waals surface area contributed by atoms with Crippen LogP contribution in [0.15, 0.2) is 72.6 Å². The lowest BCUT2D eigenvalue weighted by Crippen LogP contribution is -2.29. The first kappa shape index (κ1) is 20.6. The number of benzene rings is 2. The summed E-state index contributed by atoms with van der Waals surface area (Å²) in [5.74, 6) is -0.770. The molecule has 8 nitrogen and oxygen atoms in total. The number of rotatable bonds is 4. The highest BCUT2D eigenvalue weighted by molar-refractivity contribution is 6.46. The molecule has 3 aromatic rings. The Labute approximate surface area is 189 Å². The number of aromatic nitrogens is 1. The second-order valence-corrected chi connectivity index (χ2v) is 7.74. The van der Waals surface area contributed by atoms with Gasteiger partial charge in [0.1, 0.15) is 24.7 Å². The number of phenolic OH excluding ortho intramolecular Hbond substituents is 1. The van der Waals surface area contributed by atoms with E-state index in [9.17, 15) is 19.8 Å². The minimum absolute atomic E-state index is 0.0359. The van der Waals surface area contributed by atoms with E-state index < -0.39 is 17.7 Å². The van der Waals surface area contributed by atoms with Crippen LogP contribution in [-0.4, -0.2) is 45.0 Å². The maximum Gasteiger partial charge on any atom is 0.295 e. The van der Waals surface area contributed by atoms with E-state index in [0.29, 0.717) is 35.8 Å². The van der Waals surface area contributed by atoms with Crippen molar-refractivity contribution in [2.24, 2.45) is 0 Å². The highest BCUT2D eigenvalue weighted by Crippen LogP contribution is 2.42. The summed E-state index contributed by atoms with van der Waals surface area (Å²) in [5.41, 5.74) is 1.62. The normalized spacial score (nSPS) is 19.0. The third-order valence-electron chi connectivity index (χ3n) is 5.64. The third kappa shape index (κ3) is 3.76. The fraction of sp³-hybridized carbons (Fsp3) is 0.160. The van der Waals surface area contributed by atoms with Crippen LogP contribution in [0.1, 0.15) is 22.7 Å². The van der Waals surface area contributed by atoms with Gasteiger partial charge in [0.25, 0.3) is 11.7 Å². The number of phenols is 1. The van der Waals surface area contributed by atoms with Crippen molar-refractivity contribution in [3.63, 3.8) is 0 Å². The number of nitrogens with zero attached hydrogens (tertiary/aromatic N) is 2. The van der Waals surface area contributed by atoms with Gasteiger partial charge in [-0.15, -0.1) is 0 Å². The molecule has 2 aliphatic heterocycles. The maximum absolute atomic E-state index is 13.1. The number of ether oxygens (including phenoxy) is 2. The van der Waals surface area contributed by atoms with Crippen molar-refractivity contribution >= 4 is 17.4 Å². The van der Waals surface area contributed by atoms with E-state index in [1.807, 2.05) is 0 Å². The van der Waals surface area contributed by atoms with E-state index in [2.05, 4.69) is 4.98 Å². The van der Waals surface area contributed by atoms with Crippen LogP contribution in [0, 0.1) is 0 Å². The number of hydrogen-bond donors (Lipinski definition) is 2. The summed E-state index contributed by atoms with van der Waals surface area (Å²) in [6.07, 6.45) is 3.24. The van der Waals surface area contributed by atoms with E-state index in [-0.39, 0.29) is 23.6 Å². The Morgan fingerprint density at radius 3 is 2.52 bits per heavy atom. The SMILES string of the molecule is O=C1C(=O)N(Cc2cccnc2)C(c2ccc(O)cc2)/C1=C(/O)c1ccc2c(c1)OCCO2. The van der Waals surface area contributed by atoms with Crippen LogP contribution in [0.4, 0.5) is 0 Å². The second kappa shape index (κ2) is 8.31. The number of ketones is 1. The Morgan fingerprint density at radius 1 is 1.03 bits per heavy atom. The van der Waals surface area contributed by atoms with Gasteiger partial charge >= 0.3 is 0 Å². The van der Waals surface area contributed by atoms with Gasteiger partial charge < -0.3 is 24.6 Å². The number of aliphatic hydroxyl groups excluding tert-OH is 1. The molecule has 1 saturated heterocycles. The summed E-state index contributed by atoms with van der Waals surface area (Å²) in [6, 6.07) is 13.8. The largest absolute Gasteiger partial charge is 0.508 e. The molecule has 33 heavy (non-hydrogen) atoms. The zero-order valence-corrected chi connectivity index (χ0v) is 17.5. The molecule has 1 fully saturated rings. The van der Waals surface area contributed by atoms with Gasteiger partial charge in [-0.1, -0.05) is 18.2 Å². The first-order chi connectivity index (χ1) is 16.0. The summed E-state index contributed by atoms with van der Waals surface area (Å²) in [4.78, 5) is 31.7. The Hall–Kier alpha value is -4.33. The summed E-state index contributed by atoms with van der Waals surface area (Å²) < 4.78 is 11.1. The van der Waals surface area contributed by atoms with Gasteiger partial charge in [-0.2, -0.15) is 0 Å². The minimum Gasteiger partial charge on any atom is -0.508 e. The molecule has 8 heteroatoms. The van der Waals surface area contributed by atoms with Gasteiger partial charge in [-0.25, -0.2) is 0 Å². The smallest absolute Gasteiger partial charge is 0.295 e. The Morgan fingerprint density at radius 2 is 1.79 bits per heavy atom. The van der Waals surface area contributed by atoms with E-state index in [1.54, 1.807) is 54.9 Å². The summed E-state index contributed by atoms with van der Waals surface area (Å²) >= 11 is 0. The lowest BCUT2D eigenvalue weighted by atomic mass is 9.95. The monoisotopic (exact) mass is 444 g/mol. The maximum atomic E-state index is 13.1. The summed E-state index contributed by atoms with van der Waals surface area (Å²) in [6.45, 7) is 0.931. The molecule has 2 aliphatic rings. The van der Waals surface area contributed by atoms with Crippen molar-refractivity contribution in [2.75, 3.05) is 13.2 Å². The predicted molar refractivity (Wildman–Crippen MR) is 118 cm³/mol. The van der Waals surface area contributed by atoms with Crippen LogP contribution in [0.5, 0.6) is 17.2 Å². The van der Waals surface area contributed by atoms with Crippen molar-refractivity contribution in [2.45, 2.75) is 12.6 Å². The predicted octanol–water partition coefficient (Wildman–Crippen LogP) is 3.18. The number of aromatic hydroxyl groups is 1. The minimum atomic E-state index is -0.848. The van der Waals surface area contributed by atoms with Crippen molar-refractivity contribution in [1.82, 2.24) is 9.88 Å². The number of Topliss-reactive ketones (excluding diaryl/α,β-unsaturated/α-hetero) is 1. The van der Waals surface area contributed by atoms with E-state index in [4.69, 9.17) is 9.47 Å². The van der Waals surface area contributed by atoms with E-state index in [0.717, 1.165) is 5.56 Å². The van der Waals surface area contributed by atoms with Gasteiger partial charge in [0, 0.05) is 24.5 Å². The van der Waals surface area contributed by atoms with Crippen LogP contribution in [0.3, 0.4) is 0 Å². The molecule has 5 rings (SSSR count). The van der Waals surface area contributed by atoms with Crippen LogP contribution < -0.4 is 9.47 Å². The van der Waals surface area contributed by atoms with Gasteiger partial charge in [0.2, 0.25) is 0 Å². The van der Waals surface area contributed by atoms with Crippen molar-refractivity contribution in [1.29, 1.82) is 0 Å². The van der Waals surface area contributed by atoms with Gasteiger partial charge in [0.05, 0.1) is 11.6 Å². The second-order valence-electron chi connectivity index (χ2n) is 7.74. The molecular weight excluding hydrogens is 424 g/mol. The Bertz CT molecular complexity index is 1250. The number of pyridine rings is 1. The number of carbonyl (C=O) groups is 2. The number of likely N-dealkylation sites (tertiary alicyclic amines) is 1. The van der Waals surface area contributed by atoms with E-state index in [1.165, 1.54) is 17.0 Å². The van der Waals surface area contributed by atoms with Crippen LogP contribution in [0.25, 0.3) is 5.76 Å². The van der Waals surface area contributed by atoms with Crippen LogP contribution in [-0.2, 0) is 16.1 Å². The number of aliphatic hydroxyl groups is 1. The number of hydrogen-bond acceptors (Lipinski definition) is 7. The quantitative estimate of drug-likeness (QED) is 0.361. The van der Waals surface area contributed by atoms with Crippen LogP contribution in [0.2, 0.25) is 0 Å². The fourth-order valence-electron chi connectivity index (χ4n) is 4.08. The third-order valence-corrected chi connectivity index (χ3v) is 5.64. The molecule has 1 amide bonds. The molecule has 1 aromatic heterocycles. The fourth-order valence-corrected chi connectivity index (χ4v) is 4.08. The number of fused-ring (bicyclic) bond motifs is 1. The van der Waals surface area contributed by atoms with Crippen LogP contribution >= 0.6 is 0 Å². The lowest BCUT2D eigenvalue weighted by Gasteiger charge is -2.25. The average molecular weight is 444 g/mol. The highest BCUT2D eigenvalue weighted by atomic mass is 16.6. The lowest BCUT2D eigenvalue weighted by molar-refractivity contribution is -0.140. The summed E-state index contributed by atoms with van der Waals surface area (Å²) in [7, 11) is 0. The van der Waals surface area contributed by atoms with Crippen molar-refractivity contribution in [3.8, 4) is 17.2 Å². The van der Waals surface area contributed by atoms with Gasteiger partial charge in [0.15, 0.2) is 11.5 Å². The zero-order valence-electron chi connectivity index (χ0n) is 17.5. The molecular formula is C25H20N2O6. The number of amides is 1. The molecule has 0 spiro atoms. The topological polar surface area (TPSA) is 109 Å². The van der Waals surface area contributed by atoms with E-state index >= 15 is 0 Å². The van der Waals surface area contributed by atoms with Crippen molar-refractivity contribution < 1.29 is 29.3 Å². The zero-order chi connectivity index (χ0) is 22.9. The standard InChI is InChI=1S/C25H20N2O6/c28-18-6-3-16(4-7-18)22-21(23(29)17-5-8-19-20(12-17)33-11-10-32-19)24(30)25(31)27(22)14-15-2-1-9-26-13-15/h1-9,12-13,22,28-29H,10-11,14H2/b23-21-. The molecule has 0 aliphatic carbocycles. The molecule has 0 radical (unpaired) electrons. The number of carbonyl (C=O) groups excluding carboxylic acids is 2. The van der Waals surface area contributed by atoms with Gasteiger partial charge in [-0.05, 0) is 47.5 Å². The Balaban J connectivity index is 1.63. The molecule has 1 atom stereocenters. The highest BCUT2D eigenvalue weighted by Gasteiger charge is 2.46. The molecule has 2 N–H and O–H groups in total. The molecule has 3 heterocycles. The molecule has 0 saturated carbocycles. The first-order valence-electron chi connectivity index (χ1n) is 10.4. The van der Waals surface area contributed by atoms with Gasteiger partial charge in [-0.3, -0.25) is 14.6 Å².